The molecule has 1 aliphatic carbocycles. The zero-order valence-corrected chi connectivity index (χ0v) is 19.9. The van der Waals surface area contributed by atoms with Crippen LogP contribution < -0.4 is 10.6 Å². The molecule has 0 bridgehead atoms. The van der Waals surface area contributed by atoms with Crippen LogP contribution in [0.3, 0.4) is 0 Å². The number of rotatable bonds is 7. The molecule has 4 rings (SSSR count). The number of anilines is 3. The summed E-state index contributed by atoms with van der Waals surface area (Å²) in [5, 5.41) is 16.9. The third-order valence-electron chi connectivity index (χ3n) is 4.82. The van der Waals surface area contributed by atoms with Crippen molar-refractivity contribution in [1.82, 2.24) is 15.0 Å². The molecule has 2 heterocycles. The summed E-state index contributed by atoms with van der Waals surface area (Å²) in [5.74, 6) is 0.862. The first kappa shape index (κ1) is 22.3. The summed E-state index contributed by atoms with van der Waals surface area (Å²) in [4.78, 5) is 13.5. The average Bonchev–Trinajstić information content (AvgIpc) is 3.09. The van der Waals surface area contributed by atoms with Gasteiger partial charge in [-0.05, 0) is 43.9 Å². The maximum atomic E-state index is 11.4. The highest BCUT2D eigenvalue weighted by molar-refractivity contribution is 9.10. The molecule has 1 aromatic carbocycles. The van der Waals surface area contributed by atoms with Gasteiger partial charge in [-0.1, -0.05) is 27.3 Å². The third kappa shape index (κ3) is 6.32. The van der Waals surface area contributed by atoms with Crippen molar-refractivity contribution in [3.8, 4) is 0 Å². The van der Waals surface area contributed by atoms with Crippen molar-refractivity contribution in [2.75, 3.05) is 16.9 Å². The smallest absolute Gasteiger partial charge is 0.264 e. The van der Waals surface area contributed by atoms with E-state index in [0.29, 0.717) is 22.6 Å². The summed E-state index contributed by atoms with van der Waals surface area (Å²) in [6.07, 6.45) is 3.81. The van der Waals surface area contributed by atoms with Gasteiger partial charge in [-0.15, -0.1) is 0 Å². The van der Waals surface area contributed by atoms with Gasteiger partial charge in [0, 0.05) is 16.6 Å². The molecule has 0 atom stereocenters. The predicted molar refractivity (Wildman–Crippen MR) is 124 cm³/mol. The lowest BCUT2D eigenvalue weighted by Crippen LogP contribution is -2.29. The zero-order valence-electron chi connectivity index (χ0n) is 16.7. The second-order valence-electron chi connectivity index (χ2n) is 7.44. The molecular weight excluding hydrogens is 506 g/mol. The number of hydrogen-bond acceptors (Lipinski definition) is 10. The SMILES string of the molecule is CS(=O)(=O)OCc1cc(Nc2nc3ccc(Br)cc3s2)nc(N[C@H]2CC[C@H](O)CC2)n1. The van der Waals surface area contributed by atoms with Gasteiger partial charge in [-0.3, -0.25) is 4.18 Å². The van der Waals surface area contributed by atoms with Gasteiger partial charge in [0.05, 0.1) is 28.3 Å². The minimum atomic E-state index is -3.61. The molecule has 0 spiro atoms. The van der Waals surface area contributed by atoms with Crippen molar-refractivity contribution in [2.24, 2.45) is 0 Å². The Hall–Kier alpha value is -1.86. The summed E-state index contributed by atoms with van der Waals surface area (Å²) < 4.78 is 29.7. The van der Waals surface area contributed by atoms with Gasteiger partial charge in [-0.25, -0.2) is 9.97 Å². The summed E-state index contributed by atoms with van der Waals surface area (Å²) in [5.41, 5.74) is 1.29. The topological polar surface area (TPSA) is 126 Å². The van der Waals surface area contributed by atoms with Crippen LogP contribution in [0.2, 0.25) is 0 Å². The van der Waals surface area contributed by atoms with Crippen LogP contribution in [-0.4, -0.2) is 46.9 Å². The normalized spacial score (nSPS) is 19.5. The van der Waals surface area contributed by atoms with Crippen molar-refractivity contribution < 1.29 is 17.7 Å². The number of fused-ring (bicyclic) bond motifs is 1. The molecule has 1 aliphatic rings. The van der Waals surface area contributed by atoms with Crippen LogP contribution in [0.5, 0.6) is 0 Å². The zero-order chi connectivity index (χ0) is 22.0. The molecule has 3 N–H and O–H groups in total. The van der Waals surface area contributed by atoms with Gasteiger partial charge in [0.1, 0.15) is 12.4 Å². The number of aliphatic hydroxyl groups excluding tert-OH is 1. The lowest BCUT2D eigenvalue weighted by atomic mass is 9.93. The maximum Gasteiger partial charge on any atom is 0.264 e. The molecule has 0 aliphatic heterocycles. The Balaban J connectivity index is 1.57. The average molecular weight is 528 g/mol. The van der Waals surface area contributed by atoms with E-state index in [9.17, 15) is 13.5 Å². The molecule has 12 heteroatoms. The number of hydrogen-bond donors (Lipinski definition) is 3. The molecular formula is C19H22BrN5O4S2. The fraction of sp³-hybridized carbons (Fsp3) is 0.421. The molecule has 0 amide bonds. The molecule has 3 aromatic rings. The highest BCUT2D eigenvalue weighted by Crippen LogP contribution is 2.30. The van der Waals surface area contributed by atoms with Crippen molar-refractivity contribution in [3.05, 3.63) is 34.4 Å². The quantitative estimate of drug-likeness (QED) is 0.393. The monoisotopic (exact) mass is 527 g/mol. The summed E-state index contributed by atoms with van der Waals surface area (Å²) in [6.45, 7) is -0.194. The second-order valence-corrected chi connectivity index (χ2v) is 11.0. The van der Waals surface area contributed by atoms with Crippen molar-refractivity contribution in [1.29, 1.82) is 0 Å². The summed E-state index contributed by atoms with van der Waals surface area (Å²) in [7, 11) is -3.61. The standard InChI is InChI=1S/C19H22BrN5O4S2/c1-31(27,28)29-10-13-9-17(24-18(22-13)21-12-3-5-14(26)6-4-12)25-19-23-15-7-2-11(20)8-16(15)30-19/h2,7-9,12,14,26H,3-6,10H2,1H3,(H2,21,22,23,24,25)/t12-,14-. The maximum absolute atomic E-state index is 11.4. The molecule has 166 valence electrons. The Morgan fingerprint density at radius 2 is 1.97 bits per heavy atom. The summed E-state index contributed by atoms with van der Waals surface area (Å²) >= 11 is 4.95. The Morgan fingerprint density at radius 1 is 1.19 bits per heavy atom. The van der Waals surface area contributed by atoms with E-state index < -0.39 is 10.1 Å². The largest absolute Gasteiger partial charge is 0.393 e. The predicted octanol–water partition coefficient (Wildman–Crippen LogP) is 3.78. The van der Waals surface area contributed by atoms with Crippen LogP contribution in [0.1, 0.15) is 31.4 Å². The fourth-order valence-corrected chi connectivity index (χ4v) is 5.09. The molecule has 1 fully saturated rings. The van der Waals surface area contributed by atoms with E-state index in [1.54, 1.807) is 6.07 Å². The van der Waals surface area contributed by atoms with E-state index in [1.807, 2.05) is 18.2 Å². The fourth-order valence-electron chi connectivity index (χ4n) is 3.33. The minimum absolute atomic E-state index is 0.141. The van der Waals surface area contributed by atoms with E-state index in [4.69, 9.17) is 4.18 Å². The van der Waals surface area contributed by atoms with Crippen molar-refractivity contribution >= 4 is 64.5 Å². The van der Waals surface area contributed by atoms with Gasteiger partial charge in [0.2, 0.25) is 5.95 Å². The number of benzene rings is 1. The van der Waals surface area contributed by atoms with E-state index in [-0.39, 0.29) is 18.8 Å². The van der Waals surface area contributed by atoms with Gasteiger partial charge in [0.25, 0.3) is 10.1 Å². The first-order valence-electron chi connectivity index (χ1n) is 9.73. The summed E-state index contributed by atoms with van der Waals surface area (Å²) in [6, 6.07) is 7.64. The molecule has 31 heavy (non-hydrogen) atoms. The number of aliphatic hydroxyl groups is 1. The molecule has 0 radical (unpaired) electrons. The molecule has 2 aromatic heterocycles. The number of thiazole rings is 1. The van der Waals surface area contributed by atoms with Gasteiger partial charge in [0.15, 0.2) is 5.13 Å². The van der Waals surface area contributed by atoms with Crippen LogP contribution in [0.15, 0.2) is 28.7 Å². The number of nitrogens with one attached hydrogen (secondary N) is 2. The Morgan fingerprint density at radius 3 is 2.71 bits per heavy atom. The number of halogens is 1. The molecule has 9 nitrogen and oxygen atoms in total. The lowest BCUT2D eigenvalue weighted by Gasteiger charge is -2.26. The van der Waals surface area contributed by atoms with Gasteiger partial charge >= 0.3 is 0 Å². The van der Waals surface area contributed by atoms with Crippen LogP contribution in [0, 0.1) is 0 Å². The minimum Gasteiger partial charge on any atom is -0.393 e. The number of nitrogens with zero attached hydrogens (tertiary/aromatic N) is 3. The Kier molecular flexibility index (Phi) is 6.72. The van der Waals surface area contributed by atoms with Crippen molar-refractivity contribution in [3.63, 3.8) is 0 Å². The van der Waals surface area contributed by atoms with Crippen LogP contribution >= 0.6 is 27.3 Å². The molecule has 0 saturated heterocycles. The molecule has 1 saturated carbocycles. The highest BCUT2D eigenvalue weighted by Gasteiger charge is 2.20. The molecule has 0 unspecified atom stereocenters. The first-order valence-corrected chi connectivity index (χ1v) is 13.2. The van der Waals surface area contributed by atoms with Crippen molar-refractivity contribution in [2.45, 2.75) is 44.4 Å². The van der Waals surface area contributed by atoms with E-state index in [2.05, 4.69) is 41.5 Å². The van der Waals surface area contributed by atoms with Crippen LogP contribution in [-0.2, 0) is 20.9 Å². The second kappa shape index (κ2) is 9.33. The van der Waals surface area contributed by atoms with Gasteiger partial charge < -0.3 is 15.7 Å². The first-order chi connectivity index (χ1) is 14.7. The van der Waals surface area contributed by atoms with Crippen LogP contribution in [0.4, 0.5) is 16.9 Å². The Labute approximate surface area is 192 Å². The van der Waals surface area contributed by atoms with E-state index >= 15 is 0 Å². The van der Waals surface area contributed by atoms with Gasteiger partial charge in [-0.2, -0.15) is 13.4 Å². The van der Waals surface area contributed by atoms with E-state index in [0.717, 1.165) is 46.6 Å². The highest BCUT2D eigenvalue weighted by atomic mass is 79.9. The number of aromatic nitrogens is 3. The van der Waals surface area contributed by atoms with Crippen LogP contribution in [0.25, 0.3) is 10.2 Å². The Bertz CT molecular complexity index is 1180. The third-order valence-corrected chi connectivity index (χ3v) is 6.79. The van der Waals surface area contributed by atoms with E-state index in [1.165, 1.54) is 11.3 Å². The lowest BCUT2D eigenvalue weighted by molar-refractivity contribution is 0.126.